The Morgan fingerprint density at radius 3 is 2.34 bits per heavy atom. The van der Waals surface area contributed by atoms with E-state index in [2.05, 4.69) is 10.3 Å². The molecule has 0 bridgehead atoms. The summed E-state index contributed by atoms with van der Waals surface area (Å²) in [6, 6.07) is 12.2. The topological polar surface area (TPSA) is 82.4 Å². The Balaban J connectivity index is 1.67. The Morgan fingerprint density at radius 2 is 1.76 bits per heavy atom. The van der Waals surface area contributed by atoms with Crippen LogP contribution in [-0.2, 0) is 6.54 Å². The van der Waals surface area contributed by atoms with Gasteiger partial charge in [0.05, 0.1) is 26.2 Å². The third-order valence-corrected chi connectivity index (χ3v) is 4.31. The van der Waals surface area contributed by atoms with E-state index in [1.165, 1.54) is 43.3 Å². The molecule has 1 N–H and O–H groups in total. The Bertz CT molecular complexity index is 1040. The molecule has 1 amide bonds. The number of benzene rings is 2. The maximum absolute atomic E-state index is 13.0. The molecule has 0 aliphatic heterocycles. The Morgan fingerprint density at radius 1 is 1.10 bits per heavy atom. The number of halogens is 1. The number of amides is 1. The van der Waals surface area contributed by atoms with E-state index in [0.29, 0.717) is 22.8 Å². The summed E-state index contributed by atoms with van der Waals surface area (Å²) in [5.41, 5.74) is 1.11. The molecule has 0 aliphatic rings. The summed E-state index contributed by atoms with van der Waals surface area (Å²) in [6.07, 6.45) is 1.40. The lowest BCUT2D eigenvalue weighted by molar-refractivity contribution is 0.0946. The maximum atomic E-state index is 13.0. The Labute approximate surface area is 166 Å². The number of ether oxygens (including phenoxy) is 2. The van der Waals surface area contributed by atoms with Crippen LogP contribution in [0.4, 0.5) is 4.39 Å². The van der Waals surface area contributed by atoms with Gasteiger partial charge in [0.1, 0.15) is 22.9 Å². The molecule has 0 saturated carbocycles. The first-order valence-corrected chi connectivity index (χ1v) is 8.85. The van der Waals surface area contributed by atoms with E-state index in [1.54, 1.807) is 30.3 Å². The summed E-state index contributed by atoms with van der Waals surface area (Å²) in [5, 5.41) is 2.75. The Kier molecular flexibility index (Phi) is 6.23. The van der Waals surface area contributed by atoms with Gasteiger partial charge in [-0.25, -0.2) is 9.37 Å². The lowest BCUT2D eigenvalue weighted by Gasteiger charge is -2.13. The molecule has 7 nitrogen and oxygen atoms in total. The molecule has 2 aromatic carbocycles. The fraction of sp³-hybridized carbons (Fsp3) is 0.190. The van der Waals surface area contributed by atoms with Crippen LogP contribution in [0.3, 0.4) is 0 Å². The van der Waals surface area contributed by atoms with Crippen LogP contribution in [0.25, 0.3) is 11.3 Å². The van der Waals surface area contributed by atoms with Crippen molar-refractivity contribution in [2.75, 3.05) is 20.8 Å². The van der Waals surface area contributed by atoms with Gasteiger partial charge in [-0.15, -0.1) is 0 Å². The number of aromatic nitrogens is 2. The van der Waals surface area contributed by atoms with Crippen LogP contribution in [0.15, 0.2) is 59.7 Å². The van der Waals surface area contributed by atoms with E-state index in [-0.39, 0.29) is 35.9 Å². The molecule has 3 rings (SSSR count). The van der Waals surface area contributed by atoms with Crippen LogP contribution in [0.2, 0.25) is 0 Å². The monoisotopic (exact) mass is 397 g/mol. The number of carbonyl (C=O) groups is 1. The molecule has 150 valence electrons. The second-order valence-corrected chi connectivity index (χ2v) is 6.11. The highest BCUT2D eigenvalue weighted by molar-refractivity contribution is 5.99. The van der Waals surface area contributed by atoms with Gasteiger partial charge in [0.15, 0.2) is 0 Å². The maximum Gasteiger partial charge on any atom is 0.258 e. The second kappa shape index (κ2) is 9.01. The molecule has 0 spiro atoms. The number of hydrogen-bond donors (Lipinski definition) is 1. The van der Waals surface area contributed by atoms with E-state index < -0.39 is 0 Å². The molecule has 0 aliphatic carbocycles. The first-order valence-electron chi connectivity index (χ1n) is 8.85. The van der Waals surface area contributed by atoms with Crippen molar-refractivity contribution in [3.63, 3.8) is 0 Å². The summed E-state index contributed by atoms with van der Waals surface area (Å²) < 4.78 is 24.9. The fourth-order valence-corrected chi connectivity index (χ4v) is 2.83. The molecule has 8 heteroatoms. The third kappa shape index (κ3) is 4.60. The molecule has 0 unspecified atom stereocenters. The molecule has 0 atom stereocenters. The predicted molar refractivity (Wildman–Crippen MR) is 106 cm³/mol. The van der Waals surface area contributed by atoms with Crippen LogP contribution < -0.4 is 20.3 Å². The summed E-state index contributed by atoms with van der Waals surface area (Å²) >= 11 is 0. The number of carbonyl (C=O) groups excluding carboxylic acids is 1. The van der Waals surface area contributed by atoms with Crippen molar-refractivity contribution in [2.24, 2.45) is 0 Å². The summed E-state index contributed by atoms with van der Waals surface area (Å²) in [7, 11) is 2.94. The van der Waals surface area contributed by atoms with Gasteiger partial charge in [-0.1, -0.05) is 6.07 Å². The SMILES string of the molecule is COc1cccc(OC)c1C(=O)NCCn1cnc(-c2ccc(F)cc2)cc1=O. The van der Waals surface area contributed by atoms with Crippen LogP contribution in [0.5, 0.6) is 11.5 Å². The molecule has 3 aromatic rings. The van der Waals surface area contributed by atoms with Crippen LogP contribution in [0, 0.1) is 5.82 Å². The van der Waals surface area contributed by atoms with Gasteiger partial charge in [0.25, 0.3) is 11.5 Å². The minimum Gasteiger partial charge on any atom is -0.496 e. The van der Waals surface area contributed by atoms with Crippen molar-refractivity contribution in [1.82, 2.24) is 14.9 Å². The van der Waals surface area contributed by atoms with Crippen molar-refractivity contribution < 1.29 is 18.7 Å². The van der Waals surface area contributed by atoms with E-state index in [9.17, 15) is 14.0 Å². The van der Waals surface area contributed by atoms with Crippen LogP contribution in [0.1, 0.15) is 10.4 Å². The van der Waals surface area contributed by atoms with Crippen molar-refractivity contribution >= 4 is 5.91 Å². The van der Waals surface area contributed by atoms with Gasteiger partial charge in [-0.05, 0) is 36.4 Å². The molecule has 1 heterocycles. The zero-order chi connectivity index (χ0) is 20.8. The van der Waals surface area contributed by atoms with E-state index >= 15 is 0 Å². The molecule has 0 fully saturated rings. The number of methoxy groups -OCH3 is 2. The normalized spacial score (nSPS) is 10.4. The van der Waals surface area contributed by atoms with Crippen molar-refractivity contribution in [2.45, 2.75) is 6.54 Å². The molecule has 0 saturated heterocycles. The van der Waals surface area contributed by atoms with Crippen molar-refractivity contribution in [1.29, 1.82) is 0 Å². The van der Waals surface area contributed by atoms with Crippen LogP contribution >= 0.6 is 0 Å². The quantitative estimate of drug-likeness (QED) is 0.662. The zero-order valence-corrected chi connectivity index (χ0v) is 16.0. The minimum atomic E-state index is -0.372. The highest BCUT2D eigenvalue weighted by Gasteiger charge is 2.17. The lowest BCUT2D eigenvalue weighted by Crippen LogP contribution is -2.31. The number of rotatable bonds is 7. The van der Waals surface area contributed by atoms with Gasteiger partial charge in [-0.2, -0.15) is 0 Å². The first-order chi connectivity index (χ1) is 14.0. The van der Waals surface area contributed by atoms with Gasteiger partial charge < -0.3 is 14.8 Å². The lowest BCUT2D eigenvalue weighted by atomic mass is 10.1. The standard InChI is InChI=1S/C21H20FN3O4/c1-28-17-4-3-5-18(29-2)20(17)21(27)23-10-11-25-13-24-16(12-19(25)26)14-6-8-15(22)9-7-14/h3-9,12-13H,10-11H2,1-2H3,(H,23,27). The molecule has 29 heavy (non-hydrogen) atoms. The molecule has 0 radical (unpaired) electrons. The van der Waals surface area contributed by atoms with Gasteiger partial charge >= 0.3 is 0 Å². The Hall–Kier alpha value is -3.68. The molecular weight excluding hydrogens is 377 g/mol. The average Bonchev–Trinajstić information content (AvgIpc) is 2.74. The largest absolute Gasteiger partial charge is 0.496 e. The smallest absolute Gasteiger partial charge is 0.258 e. The third-order valence-electron chi connectivity index (χ3n) is 4.31. The zero-order valence-electron chi connectivity index (χ0n) is 16.0. The predicted octanol–water partition coefficient (Wildman–Crippen LogP) is 2.50. The summed E-state index contributed by atoms with van der Waals surface area (Å²) in [4.78, 5) is 29.1. The summed E-state index contributed by atoms with van der Waals surface area (Å²) in [5.74, 6) is 0.0569. The van der Waals surface area contributed by atoms with E-state index in [4.69, 9.17) is 9.47 Å². The first kappa shape index (κ1) is 20.1. The van der Waals surface area contributed by atoms with Crippen LogP contribution in [-0.4, -0.2) is 36.2 Å². The highest BCUT2D eigenvalue weighted by atomic mass is 19.1. The molecular formula is C21H20FN3O4. The van der Waals surface area contributed by atoms with E-state index in [0.717, 1.165) is 0 Å². The fourth-order valence-electron chi connectivity index (χ4n) is 2.83. The van der Waals surface area contributed by atoms with Gasteiger partial charge in [0.2, 0.25) is 0 Å². The van der Waals surface area contributed by atoms with Gasteiger partial charge in [-0.3, -0.25) is 14.2 Å². The minimum absolute atomic E-state index is 0.206. The van der Waals surface area contributed by atoms with Gasteiger partial charge in [0, 0.05) is 24.7 Å². The number of hydrogen-bond acceptors (Lipinski definition) is 5. The van der Waals surface area contributed by atoms with Crippen molar-refractivity contribution in [3.05, 3.63) is 76.6 Å². The van der Waals surface area contributed by atoms with E-state index in [1.807, 2.05) is 0 Å². The van der Waals surface area contributed by atoms with Crippen molar-refractivity contribution in [3.8, 4) is 22.8 Å². The highest BCUT2D eigenvalue weighted by Crippen LogP contribution is 2.27. The summed E-state index contributed by atoms with van der Waals surface area (Å²) in [6.45, 7) is 0.441. The number of nitrogens with one attached hydrogen (secondary N) is 1. The number of nitrogens with zero attached hydrogens (tertiary/aromatic N) is 2. The average molecular weight is 397 g/mol. The molecule has 1 aromatic heterocycles. The second-order valence-electron chi connectivity index (χ2n) is 6.11.